The molecule has 0 fully saturated rings. The number of rotatable bonds is 6. The van der Waals surface area contributed by atoms with Gasteiger partial charge in [0, 0.05) is 11.4 Å². The molecule has 2 unspecified atom stereocenters. The van der Waals surface area contributed by atoms with Crippen LogP contribution in [0.1, 0.15) is 43.3 Å². The topological polar surface area (TPSA) is 62.5 Å². The fraction of sp³-hybridized carbons (Fsp3) is 0.438. The molecule has 0 amide bonds. The predicted octanol–water partition coefficient (Wildman–Crippen LogP) is 3.66. The molecule has 1 heterocycles. The average Bonchev–Trinajstić information content (AvgIpc) is 2.82. The van der Waals surface area contributed by atoms with Crippen molar-refractivity contribution in [1.82, 2.24) is 5.32 Å². The molecule has 4 nitrogen and oxygen atoms in total. The van der Waals surface area contributed by atoms with Crippen LogP contribution in [0.3, 0.4) is 0 Å². The van der Waals surface area contributed by atoms with Gasteiger partial charge >= 0.3 is 5.97 Å². The minimum absolute atomic E-state index is 0.268. The van der Waals surface area contributed by atoms with E-state index in [0.29, 0.717) is 35.2 Å². The van der Waals surface area contributed by atoms with Gasteiger partial charge in [0.1, 0.15) is 16.9 Å². The smallest absolute Gasteiger partial charge is 0.339 e. The summed E-state index contributed by atoms with van der Waals surface area (Å²) in [7, 11) is 0. The van der Waals surface area contributed by atoms with Crippen LogP contribution >= 0.6 is 0 Å². The molecule has 2 aromatic rings. The van der Waals surface area contributed by atoms with E-state index >= 15 is 0 Å². The van der Waals surface area contributed by atoms with Crippen LogP contribution in [0.25, 0.3) is 11.0 Å². The van der Waals surface area contributed by atoms with Crippen molar-refractivity contribution in [3.8, 4) is 0 Å². The standard InChI is InChI=1S/C16H21NO3/c1-4-10(2)11(3)17-9-14-15(16(18)19)12-7-5-6-8-13(12)20-14/h5-8,10-11,17H,4,9H2,1-3H3,(H,18,19). The van der Waals surface area contributed by atoms with Gasteiger partial charge in [-0.1, -0.05) is 38.5 Å². The average molecular weight is 275 g/mol. The first kappa shape index (κ1) is 14.6. The van der Waals surface area contributed by atoms with Gasteiger partial charge in [-0.15, -0.1) is 0 Å². The van der Waals surface area contributed by atoms with Gasteiger partial charge in [0.05, 0.1) is 6.54 Å². The summed E-state index contributed by atoms with van der Waals surface area (Å²) < 4.78 is 5.68. The van der Waals surface area contributed by atoms with E-state index in [4.69, 9.17) is 4.42 Å². The molecule has 2 atom stereocenters. The van der Waals surface area contributed by atoms with Crippen LogP contribution in [0, 0.1) is 5.92 Å². The lowest BCUT2D eigenvalue weighted by Gasteiger charge is -2.19. The van der Waals surface area contributed by atoms with E-state index in [-0.39, 0.29) is 5.56 Å². The Bertz CT molecular complexity index is 603. The van der Waals surface area contributed by atoms with Crippen molar-refractivity contribution in [1.29, 1.82) is 0 Å². The van der Waals surface area contributed by atoms with E-state index in [1.54, 1.807) is 12.1 Å². The number of benzene rings is 1. The molecule has 1 aromatic heterocycles. The number of carboxylic acid groups (broad SMARTS) is 1. The highest BCUT2D eigenvalue weighted by Crippen LogP contribution is 2.26. The number of aromatic carboxylic acids is 1. The fourth-order valence-corrected chi connectivity index (χ4v) is 2.26. The van der Waals surface area contributed by atoms with Crippen LogP contribution in [0.15, 0.2) is 28.7 Å². The van der Waals surface area contributed by atoms with Crippen LogP contribution in [0.4, 0.5) is 0 Å². The summed E-state index contributed by atoms with van der Waals surface area (Å²) in [6.07, 6.45) is 1.08. The predicted molar refractivity (Wildman–Crippen MR) is 78.9 cm³/mol. The number of para-hydroxylation sites is 1. The van der Waals surface area contributed by atoms with Crippen molar-refractivity contribution in [2.24, 2.45) is 5.92 Å². The summed E-state index contributed by atoms with van der Waals surface area (Å²) in [6, 6.07) is 7.56. The molecule has 108 valence electrons. The Morgan fingerprint density at radius 2 is 2.05 bits per heavy atom. The zero-order valence-electron chi connectivity index (χ0n) is 12.1. The van der Waals surface area contributed by atoms with Crippen molar-refractivity contribution in [3.63, 3.8) is 0 Å². The van der Waals surface area contributed by atoms with Gasteiger partial charge in [-0.2, -0.15) is 0 Å². The van der Waals surface area contributed by atoms with Crippen molar-refractivity contribution >= 4 is 16.9 Å². The summed E-state index contributed by atoms with van der Waals surface area (Å²) in [5, 5.41) is 13.4. The van der Waals surface area contributed by atoms with Crippen LogP contribution in [0.5, 0.6) is 0 Å². The zero-order chi connectivity index (χ0) is 14.7. The Labute approximate surface area is 118 Å². The molecule has 0 spiro atoms. The van der Waals surface area contributed by atoms with Crippen LogP contribution in [-0.4, -0.2) is 17.1 Å². The van der Waals surface area contributed by atoms with Gasteiger partial charge in [0.2, 0.25) is 0 Å². The SMILES string of the molecule is CCC(C)C(C)NCc1oc2ccccc2c1C(=O)O. The molecule has 4 heteroatoms. The number of fused-ring (bicyclic) bond motifs is 1. The largest absolute Gasteiger partial charge is 0.478 e. The number of hydrogen-bond acceptors (Lipinski definition) is 3. The van der Waals surface area contributed by atoms with Crippen molar-refractivity contribution in [3.05, 3.63) is 35.6 Å². The highest BCUT2D eigenvalue weighted by atomic mass is 16.4. The first-order valence-electron chi connectivity index (χ1n) is 7.01. The highest BCUT2D eigenvalue weighted by Gasteiger charge is 2.20. The van der Waals surface area contributed by atoms with Gasteiger partial charge in [-0.3, -0.25) is 0 Å². The van der Waals surface area contributed by atoms with Crippen LogP contribution in [0.2, 0.25) is 0 Å². The van der Waals surface area contributed by atoms with Gasteiger partial charge in [0.15, 0.2) is 0 Å². The minimum atomic E-state index is -0.942. The second kappa shape index (κ2) is 6.09. The van der Waals surface area contributed by atoms with Gasteiger partial charge < -0.3 is 14.8 Å². The normalized spacial score (nSPS) is 14.3. The van der Waals surface area contributed by atoms with Crippen LogP contribution < -0.4 is 5.32 Å². The lowest BCUT2D eigenvalue weighted by Crippen LogP contribution is -2.31. The number of carbonyl (C=O) groups is 1. The number of hydrogen-bond donors (Lipinski definition) is 2. The third-order valence-electron chi connectivity index (χ3n) is 3.96. The molecule has 20 heavy (non-hydrogen) atoms. The molecule has 2 rings (SSSR count). The molecule has 2 N–H and O–H groups in total. The summed E-state index contributed by atoms with van der Waals surface area (Å²) in [6.45, 7) is 6.86. The van der Waals surface area contributed by atoms with E-state index in [0.717, 1.165) is 6.42 Å². The van der Waals surface area contributed by atoms with E-state index < -0.39 is 5.97 Å². The summed E-state index contributed by atoms with van der Waals surface area (Å²) >= 11 is 0. The first-order chi connectivity index (χ1) is 9.54. The number of carboxylic acids is 1. The third kappa shape index (κ3) is 2.85. The number of furan rings is 1. The third-order valence-corrected chi connectivity index (χ3v) is 3.96. The Hall–Kier alpha value is -1.81. The molecule has 0 aliphatic heterocycles. The zero-order valence-corrected chi connectivity index (χ0v) is 12.1. The lowest BCUT2D eigenvalue weighted by atomic mass is 10.0. The Kier molecular flexibility index (Phi) is 4.45. The van der Waals surface area contributed by atoms with Gasteiger partial charge in [-0.25, -0.2) is 4.79 Å². The van der Waals surface area contributed by atoms with E-state index in [2.05, 4.69) is 26.1 Å². The minimum Gasteiger partial charge on any atom is -0.478 e. The van der Waals surface area contributed by atoms with E-state index in [1.165, 1.54) is 0 Å². The van der Waals surface area contributed by atoms with Crippen molar-refractivity contribution in [2.45, 2.75) is 39.8 Å². The maximum Gasteiger partial charge on any atom is 0.339 e. The molecule has 0 saturated carbocycles. The fourth-order valence-electron chi connectivity index (χ4n) is 2.26. The highest BCUT2D eigenvalue weighted by molar-refractivity contribution is 6.03. The molecular formula is C16H21NO3. The molecule has 0 aliphatic rings. The summed E-state index contributed by atoms with van der Waals surface area (Å²) in [5.41, 5.74) is 0.891. The Morgan fingerprint density at radius 3 is 2.70 bits per heavy atom. The second-order valence-corrected chi connectivity index (χ2v) is 5.26. The molecule has 0 saturated heterocycles. The van der Waals surface area contributed by atoms with E-state index in [1.807, 2.05) is 12.1 Å². The lowest BCUT2D eigenvalue weighted by molar-refractivity contribution is 0.0696. The Balaban J connectivity index is 2.25. The summed E-state index contributed by atoms with van der Waals surface area (Å²) in [4.78, 5) is 11.4. The van der Waals surface area contributed by atoms with Gasteiger partial charge in [0.25, 0.3) is 0 Å². The monoisotopic (exact) mass is 275 g/mol. The maximum atomic E-state index is 11.4. The molecule has 0 bridgehead atoms. The molecule has 1 aromatic carbocycles. The molecule has 0 radical (unpaired) electrons. The van der Waals surface area contributed by atoms with Crippen molar-refractivity contribution in [2.75, 3.05) is 0 Å². The maximum absolute atomic E-state index is 11.4. The Morgan fingerprint density at radius 1 is 1.35 bits per heavy atom. The van der Waals surface area contributed by atoms with Crippen molar-refractivity contribution < 1.29 is 14.3 Å². The number of nitrogens with one attached hydrogen (secondary N) is 1. The van der Waals surface area contributed by atoms with Gasteiger partial charge in [-0.05, 0) is 18.9 Å². The summed E-state index contributed by atoms with van der Waals surface area (Å²) in [5.74, 6) is 0.0875. The van der Waals surface area contributed by atoms with Crippen LogP contribution in [-0.2, 0) is 6.54 Å². The first-order valence-corrected chi connectivity index (χ1v) is 7.01. The molecule has 0 aliphatic carbocycles. The quantitative estimate of drug-likeness (QED) is 0.844. The second-order valence-electron chi connectivity index (χ2n) is 5.26. The molecular weight excluding hydrogens is 254 g/mol. The van der Waals surface area contributed by atoms with E-state index in [9.17, 15) is 9.90 Å².